The number of hydrogen-bond acceptors (Lipinski definition) is 4. The number of hydrazone groups is 1. The third-order valence-electron chi connectivity index (χ3n) is 5.78. The third-order valence-corrected chi connectivity index (χ3v) is 5.78. The van der Waals surface area contributed by atoms with Crippen LogP contribution in [0, 0.1) is 42.9 Å². The predicted molar refractivity (Wildman–Crippen MR) is 121 cm³/mol. The molecule has 2 aromatic carbocycles. The third kappa shape index (κ3) is 3.86. The maximum absolute atomic E-state index is 14.3. The van der Waals surface area contributed by atoms with Crippen LogP contribution in [-0.2, 0) is 9.53 Å². The summed E-state index contributed by atoms with van der Waals surface area (Å²) in [5, 5.41) is 3.92. The van der Waals surface area contributed by atoms with Crippen LogP contribution < -0.4 is 5.01 Å². The van der Waals surface area contributed by atoms with Crippen molar-refractivity contribution in [3.8, 4) is 5.69 Å². The molecule has 0 spiro atoms. The molecule has 0 bridgehead atoms. The van der Waals surface area contributed by atoms with Crippen molar-refractivity contribution in [2.45, 2.75) is 20.8 Å². The summed E-state index contributed by atoms with van der Waals surface area (Å²) in [4.78, 5) is 24.6. The van der Waals surface area contributed by atoms with Crippen LogP contribution in [0.1, 0.15) is 34.2 Å². The first-order valence-electron chi connectivity index (χ1n) is 10.5. The fourth-order valence-electron chi connectivity index (χ4n) is 3.97. The highest BCUT2D eigenvalue weighted by Gasteiger charge is 2.37. The Bertz CT molecular complexity index is 1460. The van der Waals surface area contributed by atoms with Crippen molar-refractivity contribution in [3.63, 3.8) is 0 Å². The molecule has 6 nitrogen and oxygen atoms in total. The summed E-state index contributed by atoms with van der Waals surface area (Å²) in [6, 6.07) is 8.36. The normalized spacial score (nSPS) is 14.6. The van der Waals surface area contributed by atoms with Crippen LogP contribution in [0.15, 0.2) is 41.0 Å². The lowest BCUT2D eigenvalue weighted by atomic mass is 10.1. The fourth-order valence-corrected chi connectivity index (χ4v) is 3.97. The molecule has 1 aliphatic heterocycles. The molecular weight excluding hydrogens is 485 g/mol. The number of rotatable bonds is 4. The van der Waals surface area contributed by atoms with Gasteiger partial charge in [0.2, 0.25) is 5.82 Å². The molecule has 0 unspecified atom stereocenters. The lowest BCUT2D eigenvalue weighted by molar-refractivity contribution is -0.114. The number of methoxy groups -OCH3 is 1. The summed E-state index contributed by atoms with van der Waals surface area (Å²) in [7, 11) is 1.28. The molecule has 0 atom stereocenters. The number of amides is 1. The minimum absolute atomic E-state index is 0.0242. The lowest BCUT2D eigenvalue weighted by Crippen LogP contribution is -2.25. The number of hydrogen-bond donors (Lipinski definition) is 0. The second kappa shape index (κ2) is 9.06. The molecule has 1 aromatic heterocycles. The molecule has 0 N–H and O–H groups in total. The number of halogens is 5. The first-order chi connectivity index (χ1) is 17.0. The Morgan fingerprint density at radius 2 is 1.47 bits per heavy atom. The summed E-state index contributed by atoms with van der Waals surface area (Å²) in [6.07, 6.45) is 1.43. The molecule has 1 aliphatic rings. The van der Waals surface area contributed by atoms with Gasteiger partial charge in [-0.05, 0) is 62.7 Å². The van der Waals surface area contributed by atoms with E-state index in [4.69, 9.17) is 4.74 Å². The Labute approximate surface area is 201 Å². The Morgan fingerprint density at radius 1 is 0.917 bits per heavy atom. The van der Waals surface area contributed by atoms with E-state index in [1.807, 2.05) is 11.5 Å². The van der Waals surface area contributed by atoms with Gasteiger partial charge in [0.1, 0.15) is 5.69 Å². The topological polar surface area (TPSA) is 63.9 Å². The van der Waals surface area contributed by atoms with Crippen LogP contribution in [0.4, 0.5) is 27.6 Å². The van der Waals surface area contributed by atoms with Crippen molar-refractivity contribution < 1.29 is 36.3 Å². The number of esters is 1. The fraction of sp³-hybridized carbons (Fsp3) is 0.160. The van der Waals surface area contributed by atoms with Gasteiger partial charge in [0.15, 0.2) is 23.3 Å². The number of nitrogens with zero attached hydrogens (tertiary/aromatic N) is 3. The molecule has 4 rings (SSSR count). The van der Waals surface area contributed by atoms with Gasteiger partial charge in [0.25, 0.3) is 5.91 Å². The summed E-state index contributed by atoms with van der Waals surface area (Å²) in [5.41, 5.74) is 1.58. The van der Waals surface area contributed by atoms with E-state index in [1.54, 1.807) is 37.3 Å². The minimum atomic E-state index is -2.33. The average Bonchev–Trinajstić information content (AvgIpc) is 3.30. The number of carbonyl (C=O) groups is 2. The van der Waals surface area contributed by atoms with Gasteiger partial charge in [0.05, 0.1) is 24.0 Å². The van der Waals surface area contributed by atoms with Crippen LogP contribution >= 0.6 is 0 Å². The first kappa shape index (κ1) is 24.8. The van der Waals surface area contributed by atoms with E-state index >= 15 is 0 Å². The molecule has 36 heavy (non-hydrogen) atoms. The second-order valence-corrected chi connectivity index (χ2v) is 7.98. The van der Waals surface area contributed by atoms with Gasteiger partial charge in [-0.2, -0.15) is 10.1 Å². The summed E-state index contributed by atoms with van der Waals surface area (Å²) >= 11 is 0. The molecule has 1 amide bonds. The monoisotopic (exact) mass is 503 g/mol. The van der Waals surface area contributed by atoms with Crippen LogP contribution in [-0.4, -0.2) is 29.3 Å². The number of carbonyl (C=O) groups excluding carboxylic acids is 2. The Balaban J connectivity index is 1.73. The van der Waals surface area contributed by atoms with Crippen molar-refractivity contribution in [1.82, 2.24) is 4.57 Å². The quantitative estimate of drug-likeness (QED) is 0.158. The standard InChI is InChI=1S/C25H18F5N3O3/c1-11-9-15(13(3)32(11)16-7-5-14(6-8-16)25(35)36-4)10-17-12(2)31-33(24(17)34)23-21(29)19(27)18(26)20(28)22(23)30/h5-10H,1-4H3/b17-10+. The molecule has 0 radical (unpaired) electrons. The Hall–Kier alpha value is -4.28. The Kier molecular flexibility index (Phi) is 6.25. The first-order valence-corrected chi connectivity index (χ1v) is 10.5. The molecule has 0 saturated heterocycles. The van der Waals surface area contributed by atoms with Crippen LogP contribution in [0.25, 0.3) is 11.8 Å². The molecule has 2 heterocycles. The van der Waals surface area contributed by atoms with Crippen molar-refractivity contribution in [2.75, 3.05) is 12.1 Å². The highest BCUT2D eigenvalue weighted by molar-refractivity contribution is 6.32. The SMILES string of the molecule is COC(=O)c1ccc(-n2c(C)cc(/C=C3/C(=O)N(c4c(F)c(F)c(F)c(F)c4F)N=C3C)c2C)cc1. The average molecular weight is 503 g/mol. The molecule has 0 fully saturated rings. The summed E-state index contributed by atoms with van der Waals surface area (Å²) < 4.78 is 75.9. The van der Waals surface area contributed by atoms with E-state index in [9.17, 15) is 31.5 Å². The molecule has 11 heteroatoms. The number of benzene rings is 2. The molecule has 0 aliphatic carbocycles. The van der Waals surface area contributed by atoms with Crippen molar-refractivity contribution in [1.29, 1.82) is 0 Å². The number of anilines is 1. The predicted octanol–water partition coefficient (Wildman–Crippen LogP) is 5.38. The van der Waals surface area contributed by atoms with E-state index in [0.29, 0.717) is 22.5 Å². The zero-order valence-corrected chi connectivity index (χ0v) is 19.4. The van der Waals surface area contributed by atoms with Gasteiger partial charge in [0, 0.05) is 17.1 Å². The van der Waals surface area contributed by atoms with E-state index in [0.717, 1.165) is 5.69 Å². The lowest BCUT2D eigenvalue weighted by Gasteiger charge is -2.15. The molecule has 0 saturated carbocycles. The van der Waals surface area contributed by atoms with Gasteiger partial charge in [-0.15, -0.1) is 0 Å². The Morgan fingerprint density at radius 3 is 2.03 bits per heavy atom. The minimum Gasteiger partial charge on any atom is -0.465 e. The van der Waals surface area contributed by atoms with E-state index in [-0.39, 0.29) is 16.3 Å². The summed E-state index contributed by atoms with van der Waals surface area (Å²) in [6.45, 7) is 4.95. The zero-order valence-electron chi connectivity index (χ0n) is 19.4. The van der Waals surface area contributed by atoms with Crippen LogP contribution in [0.2, 0.25) is 0 Å². The van der Waals surface area contributed by atoms with Crippen LogP contribution in [0.5, 0.6) is 0 Å². The number of aryl methyl sites for hydroxylation is 1. The maximum Gasteiger partial charge on any atom is 0.337 e. The van der Waals surface area contributed by atoms with Crippen molar-refractivity contribution in [3.05, 3.63) is 87.5 Å². The van der Waals surface area contributed by atoms with Crippen molar-refractivity contribution in [2.24, 2.45) is 5.10 Å². The van der Waals surface area contributed by atoms with E-state index < -0.39 is 46.6 Å². The molecule has 3 aromatic rings. The van der Waals surface area contributed by atoms with Gasteiger partial charge >= 0.3 is 5.97 Å². The van der Waals surface area contributed by atoms with Gasteiger partial charge in [-0.25, -0.2) is 26.7 Å². The van der Waals surface area contributed by atoms with E-state index in [1.165, 1.54) is 20.1 Å². The highest BCUT2D eigenvalue weighted by Crippen LogP contribution is 2.34. The number of aromatic nitrogens is 1. The van der Waals surface area contributed by atoms with Gasteiger partial charge < -0.3 is 9.30 Å². The van der Waals surface area contributed by atoms with Gasteiger partial charge in [-0.3, -0.25) is 4.79 Å². The zero-order chi connectivity index (χ0) is 26.5. The summed E-state index contributed by atoms with van der Waals surface area (Å²) in [5.74, 6) is -12.5. The highest BCUT2D eigenvalue weighted by atomic mass is 19.2. The van der Waals surface area contributed by atoms with Crippen LogP contribution in [0.3, 0.4) is 0 Å². The van der Waals surface area contributed by atoms with E-state index in [2.05, 4.69) is 5.10 Å². The number of ether oxygens (including phenoxy) is 1. The maximum atomic E-state index is 14.3. The molecule has 186 valence electrons. The molecular formula is C25H18F5N3O3. The van der Waals surface area contributed by atoms with Gasteiger partial charge in [-0.1, -0.05) is 0 Å². The second-order valence-electron chi connectivity index (χ2n) is 7.98. The van der Waals surface area contributed by atoms with Crippen molar-refractivity contribution >= 4 is 29.4 Å². The largest absolute Gasteiger partial charge is 0.465 e. The smallest absolute Gasteiger partial charge is 0.337 e.